The van der Waals surface area contributed by atoms with Crippen molar-refractivity contribution in [3.8, 4) is 0 Å². The van der Waals surface area contributed by atoms with Gasteiger partial charge in [0.1, 0.15) is 0 Å². The summed E-state index contributed by atoms with van der Waals surface area (Å²) in [5, 5.41) is 13.0. The van der Waals surface area contributed by atoms with E-state index in [1.165, 1.54) is 0 Å². The van der Waals surface area contributed by atoms with Gasteiger partial charge in [-0.3, -0.25) is 0 Å². The summed E-state index contributed by atoms with van der Waals surface area (Å²) in [6.45, 7) is 3.14. The zero-order chi connectivity index (χ0) is 13.3. The van der Waals surface area contributed by atoms with Crippen molar-refractivity contribution in [2.75, 3.05) is 26.3 Å². The molecule has 4 heteroatoms. The van der Waals surface area contributed by atoms with Crippen LogP contribution < -0.4 is 5.32 Å². The van der Waals surface area contributed by atoms with E-state index in [0.29, 0.717) is 25.9 Å². The highest BCUT2D eigenvalue weighted by Crippen LogP contribution is 2.10. The fourth-order valence-corrected chi connectivity index (χ4v) is 2.16. The molecule has 1 aliphatic heterocycles. The van der Waals surface area contributed by atoms with E-state index in [-0.39, 0.29) is 0 Å². The quantitative estimate of drug-likeness (QED) is 0.744. The third-order valence-electron chi connectivity index (χ3n) is 3.20. The molecule has 0 bridgehead atoms. The fourth-order valence-electron chi connectivity index (χ4n) is 2.16. The average Bonchev–Trinajstić information content (AvgIpc) is 2.93. The largest absolute Gasteiger partial charge is 0.389 e. The van der Waals surface area contributed by atoms with Crippen molar-refractivity contribution in [1.29, 1.82) is 0 Å². The van der Waals surface area contributed by atoms with Gasteiger partial charge < -0.3 is 19.9 Å². The van der Waals surface area contributed by atoms with Gasteiger partial charge in [-0.05, 0) is 18.4 Å². The molecule has 4 nitrogen and oxygen atoms in total. The molecule has 2 atom stereocenters. The Morgan fingerprint density at radius 1 is 1.37 bits per heavy atom. The minimum Gasteiger partial charge on any atom is -0.389 e. The third kappa shape index (κ3) is 5.70. The highest BCUT2D eigenvalue weighted by molar-refractivity contribution is 5.13. The molecule has 1 aromatic rings. The van der Waals surface area contributed by atoms with E-state index in [0.717, 1.165) is 31.6 Å². The molecule has 2 rings (SSSR count). The summed E-state index contributed by atoms with van der Waals surface area (Å²) in [4.78, 5) is 0. The second-order valence-corrected chi connectivity index (χ2v) is 4.95. The fraction of sp³-hybridized carbons (Fsp3) is 0.600. The molecular formula is C15H23NO3. The molecule has 1 aliphatic rings. The van der Waals surface area contributed by atoms with Crippen LogP contribution in [0.3, 0.4) is 0 Å². The Hall–Kier alpha value is -0.940. The first-order valence-electron chi connectivity index (χ1n) is 6.96. The predicted octanol–water partition coefficient (Wildman–Crippen LogP) is 1.33. The Labute approximate surface area is 114 Å². The monoisotopic (exact) mass is 265 g/mol. The van der Waals surface area contributed by atoms with E-state index in [4.69, 9.17) is 9.47 Å². The first kappa shape index (κ1) is 14.5. The van der Waals surface area contributed by atoms with Crippen LogP contribution in [0.2, 0.25) is 0 Å². The zero-order valence-electron chi connectivity index (χ0n) is 11.3. The van der Waals surface area contributed by atoms with Crippen LogP contribution in [0.5, 0.6) is 0 Å². The highest BCUT2D eigenvalue weighted by Gasteiger charge is 2.15. The molecule has 0 radical (unpaired) electrons. The van der Waals surface area contributed by atoms with Gasteiger partial charge in [0.25, 0.3) is 0 Å². The summed E-state index contributed by atoms with van der Waals surface area (Å²) >= 11 is 0. The van der Waals surface area contributed by atoms with Crippen molar-refractivity contribution in [3.63, 3.8) is 0 Å². The van der Waals surface area contributed by atoms with Gasteiger partial charge in [-0.15, -0.1) is 0 Å². The summed E-state index contributed by atoms with van der Waals surface area (Å²) in [7, 11) is 0. The minimum atomic E-state index is -0.467. The van der Waals surface area contributed by atoms with Crippen LogP contribution in [-0.2, 0) is 16.1 Å². The van der Waals surface area contributed by atoms with E-state index in [1.807, 2.05) is 30.3 Å². The molecule has 1 saturated heterocycles. The van der Waals surface area contributed by atoms with Gasteiger partial charge in [-0.25, -0.2) is 0 Å². The lowest BCUT2D eigenvalue weighted by molar-refractivity contribution is 0.0265. The van der Waals surface area contributed by atoms with E-state index >= 15 is 0 Å². The molecule has 0 saturated carbocycles. The first-order valence-corrected chi connectivity index (χ1v) is 6.96. The van der Waals surface area contributed by atoms with Crippen molar-refractivity contribution >= 4 is 0 Å². The van der Waals surface area contributed by atoms with Crippen LogP contribution in [0, 0.1) is 0 Å². The third-order valence-corrected chi connectivity index (χ3v) is 3.20. The molecule has 2 N–H and O–H groups in total. The standard InChI is InChI=1S/C15H23NO3/c17-14(9-16-10-15-7-4-8-19-15)12-18-11-13-5-2-1-3-6-13/h1-3,5-6,14-17H,4,7-12H2. The first-order chi connectivity index (χ1) is 9.34. The van der Waals surface area contributed by atoms with Crippen LogP contribution in [0.4, 0.5) is 0 Å². The van der Waals surface area contributed by atoms with E-state index < -0.39 is 6.10 Å². The highest BCUT2D eigenvalue weighted by atomic mass is 16.5. The molecule has 2 unspecified atom stereocenters. The van der Waals surface area contributed by atoms with E-state index in [1.54, 1.807) is 0 Å². The van der Waals surface area contributed by atoms with Crippen molar-refractivity contribution in [3.05, 3.63) is 35.9 Å². The average molecular weight is 265 g/mol. The number of hydrogen-bond acceptors (Lipinski definition) is 4. The maximum absolute atomic E-state index is 9.77. The normalized spacial score (nSPS) is 20.6. The molecule has 0 aromatic heterocycles. The second-order valence-electron chi connectivity index (χ2n) is 4.95. The number of aliphatic hydroxyl groups is 1. The summed E-state index contributed by atoms with van der Waals surface area (Å²) in [6.07, 6.45) is 2.12. The van der Waals surface area contributed by atoms with Gasteiger partial charge in [-0.2, -0.15) is 0 Å². The Morgan fingerprint density at radius 3 is 2.95 bits per heavy atom. The van der Waals surface area contributed by atoms with Gasteiger partial charge in [0.05, 0.1) is 25.4 Å². The van der Waals surface area contributed by atoms with Crippen molar-refractivity contribution < 1.29 is 14.6 Å². The van der Waals surface area contributed by atoms with Crippen LogP contribution >= 0.6 is 0 Å². The number of nitrogens with one attached hydrogen (secondary N) is 1. The van der Waals surface area contributed by atoms with Gasteiger partial charge in [0.2, 0.25) is 0 Å². The molecule has 1 fully saturated rings. The Kier molecular flexibility index (Phi) is 6.30. The smallest absolute Gasteiger partial charge is 0.0897 e. The molecule has 1 aromatic carbocycles. The van der Waals surface area contributed by atoms with Gasteiger partial charge in [0.15, 0.2) is 0 Å². The summed E-state index contributed by atoms with van der Waals surface area (Å²) in [5.74, 6) is 0. The van der Waals surface area contributed by atoms with E-state index in [2.05, 4.69) is 5.32 Å². The van der Waals surface area contributed by atoms with Crippen molar-refractivity contribution in [1.82, 2.24) is 5.32 Å². The van der Waals surface area contributed by atoms with Gasteiger partial charge >= 0.3 is 0 Å². The van der Waals surface area contributed by atoms with E-state index in [9.17, 15) is 5.11 Å². The number of aliphatic hydroxyl groups excluding tert-OH is 1. The molecule has 0 spiro atoms. The Morgan fingerprint density at radius 2 is 2.21 bits per heavy atom. The number of benzene rings is 1. The maximum Gasteiger partial charge on any atom is 0.0897 e. The van der Waals surface area contributed by atoms with Crippen LogP contribution in [0.15, 0.2) is 30.3 Å². The lowest BCUT2D eigenvalue weighted by Gasteiger charge is -2.14. The number of ether oxygens (including phenoxy) is 2. The van der Waals surface area contributed by atoms with Gasteiger partial charge in [0, 0.05) is 19.7 Å². The molecule has 19 heavy (non-hydrogen) atoms. The molecule has 1 heterocycles. The Bertz CT molecular complexity index is 339. The number of rotatable bonds is 8. The summed E-state index contributed by atoms with van der Waals surface area (Å²) in [5.41, 5.74) is 1.13. The van der Waals surface area contributed by atoms with Crippen LogP contribution in [0.25, 0.3) is 0 Å². The molecular weight excluding hydrogens is 242 g/mol. The lowest BCUT2D eigenvalue weighted by atomic mass is 10.2. The maximum atomic E-state index is 9.77. The summed E-state index contributed by atoms with van der Waals surface area (Å²) < 4.78 is 11.0. The zero-order valence-corrected chi connectivity index (χ0v) is 11.3. The molecule has 0 aliphatic carbocycles. The lowest BCUT2D eigenvalue weighted by Crippen LogP contribution is -2.35. The Balaban J connectivity index is 1.51. The number of hydrogen-bond donors (Lipinski definition) is 2. The molecule has 106 valence electrons. The van der Waals surface area contributed by atoms with Crippen molar-refractivity contribution in [2.24, 2.45) is 0 Å². The van der Waals surface area contributed by atoms with Crippen LogP contribution in [0.1, 0.15) is 18.4 Å². The van der Waals surface area contributed by atoms with Crippen LogP contribution in [-0.4, -0.2) is 43.6 Å². The topological polar surface area (TPSA) is 50.7 Å². The molecule has 0 amide bonds. The second kappa shape index (κ2) is 8.27. The minimum absolute atomic E-state index is 0.317. The van der Waals surface area contributed by atoms with Gasteiger partial charge in [-0.1, -0.05) is 30.3 Å². The predicted molar refractivity (Wildman–Crippen MR) is 73.9 cm³/mol. The SMILES string of the molecule is OC(CNCC1CCCO1)COCc1ccccc1. The van der Waals surface area contributed by atoms with Crippen molar-refractivity contribution in [2.45, 2.75) is 31.7 Å². The summed E-state index contributed by atoms with van der Waals surface area (Å²) in [6, 6.07) is 9.98.